The van der Waals surface area contributed by atoms with Crippen LogP contribution in [0.25, 0.3) is 11.8 Å². The van der Waals surface area contributed by atoms with E-state index >= 15 is 0 Å². The lowest BCUT2D eigenvalue weighted by Crippen LogP contribution is -2.18. The third-order valence-electron chi connectivity index (χ3n) is 4.79. The fourth-order valence-corrected chi connectivity index (χ4v) is 3.77. The summed E-state index contributed by atoms with van der Waals surface area (Å²) < 4.78 is 1.90. The van der Waals surface area contributed by atoms with Gasteiger partial charge in [-0.1, -0.05) is 6.07 Å². The summed E-state index contributed by atoms with van der Waals surface area (Å²) in [5.41, 5.74) is 4.73. The Morgan fingerprint density at radius 3 is 2.57 bits per heavy atom. The van der Waals surface area contributed by atoms with Crippen LogP contribution in [-0.4, -0.2) is 20.6 Å². The van der Waals surface area contributed by atoms with Gasteiger partial charge >= 0.3 is 0 Å². The first-order valence-electron chi connectivity index (χ1n) is 9.20. The van der Waals surface area contributed by atoms with Crippen molar-refractivity contribution in [2.24, 2.45) is 4.99 Å². The Balaban J connectivity index is 1.69. The van der Waals surface area contributed by atoms with Crippen LogP contribution in [0, 0.1) is 24.0 Å². The summed E-state index contributed by atoms with van der Waals surface area (Å²) in [4.78, 5) is 27.8. The molecule has 1 saturated heterocycles. The van der Waals surface area contributed by atoms with Gasteiger partial charge in [-0.2, -0.15) is 0 Å². The maximum Gasteiger partial charge on any atom is 0.289 e. The Hall–Kier alpha value is -3.65. The second-order valence-corrected chi connectivity index (χ2v) is 7.84. The van der Waals surface area contributed by atoms with E-state index in [1.807, 2.05) is 61.0 Å². The minimum Gasteiger partial charge on any atom is -0.317 e. The lowest BCUT2D eigenvalue weighted by molar-refractivity contribution is -0.384. The molecule has 30 heavy (non-hydrogen) atoms. The van der Waals surface area contributed by atoms with Gasteiger partial charge in [0.05, 0.1) is 15.5 Å². The highest BCUT2D eigenvalue weighted by atomic mass is 32.2. The Labute approximate surface area is 177 Å². The van der Waals surface area contributed by atoms with Crippen molar-refractivity contribution in [1.29, 1.82) is 0 Å². The Kier molecular flexibility index (Phi) is 5.24. The average molecular weight is 418 g/mol. The second kappa shape index (κ2) is 8.00. The van der Waals surface area contributed by atoms with Gasteiger partial charge in [-0.15, -0.1) is 0 Å². The second-order valence-electron chi connectivity index (χ2n) is 6.83. The normalized spacial score (nSPS) is 16.3. The van der Waals surface area contributed by atoms with E-state index in [4.69, 9.17) is 0 Å². The zero-order valence-electron chi connectivity index (χ0n) is 16.3. The molecule has 1 aromatic heterocycles. The number of rotatable bonds is 4. The number of nitrogens with zero attached hydrogens (tertiary/aromatic N) is 3. The van der Waals surface area contributed by atoms with Gasteiger partial charge < -0.3 is 9.88 Å². The van der Waals surface area contributed by atoms with Gasteiger partial charge in [-0.05, 0) is 79.2 Å². The average Bonchev–Trinajstić information content (AvgIpc) is 3.31. The van der Waals surface area contributed by atoms with Crippen LogP contribution in [0.4, 0.5) is 16.2 Å². The quantitative estimate of drug-likeness (QED) is 0.446. The Bertz CT molecular complexity index is 1210. The first kappa shape index (κ1) is 19.7. The van der Waals surface area contributed by atoms with Crippen LogP contribution >= 0.6 is 11.8 Å². The van der Waals surface area contributed by atoms with Crippen molar-refractivity contribution in [3.05, 3.63) is 92.6 Å². The molecule has 150 valence electrons. The van der Waals surface area contributed by atoms with Crippen LogP contribution < -0.4 is 5.32 Å². The number of non-ortho nitro benzene ring substituents is 1. The predicted octanol–water partition coefficient (Wildman–Crippen LogP) is 5.53. The number of carbonyl (C=O) groups is 1. The van der Waals surface area contributed by atoms with Crippen LogP contribution in [0.1, 0.15) is 16.8 Å². The highest BCUT2D eigenvalue weighted by molar-refractivity contribution is 8.18. The first-order chi connectivity index (χ1) is 14.4. The summed E-state index contributed by atoms with van der Waals surface area (Å²) in [6.07, 6.45) is 3.74. The molecule has 0 bridgehead atoms. The molecular weight excluding hydrogens is 400 g/mol. The number of aryl methyl sites for hydroxylation is 2. The van der Waals surface area contributed by atoms with Crippen molar-refractivity contribution in [1.82, 2.24) is 9.88 Å². The van der Waals surface area contributed by atoms with E-state index in [9.17, 15) is 14.9 Å². The van der Waals surface area contributed by atoms with Gasteiger partial charge in [-0.25, -0.2) is 4.99 Å². The number of nitrogens with one attached hydrogen (secondary N) is 1. The summed E-state index contributed by atoms with van der Waals surface area (Å²) in [6.45, 7) is 4.06. The van der Waals surface area contributed by atoms with Gasteiger partial charge in [0.2, 0.25) is 0 Å². The highest BCUT2D eigenvalue weighted by Gasteiger charge is 2.24. The standard InChI is InChI=1S/C22H18N4O3S/c1-14-5-6-16(12-15(14)2)23-21-20(30-22(27)24-21)13-19-4-3-11-25(19)17-7-9-18(10-8-17)26(28)29/h3-13H,1-2H3,(H,23,24,27). The van der Waals surface area contributed by atoms with Crippen LogP contribution in [0.2, 0.25) is 0 Å². The molecule has 0 radical (unpaired) electrons. The zero-order valence-corrected chi connectivity index (χ0v) is 17.1. The number of nitro benzene ring substituents is 1. The number of aromatic nitrogens is 1. The highest BCUT2D eigenvalue weighted by Crippen LogP contribution is 2.30. The molecule has 0 unspecified atom stereocenters. The maximum absolute atomic E-state index is 12.0. The largest absolute Gasteiger partial charge is 0.317 e. The zero-order chi connectivity index (χ0) is 21.3. The Morgan fingerprint density at radius 2 is 1.87 bits per heavy atom. The van der Waals surface area contributed by atoms with Gasteiger partial charge in [0, 0.05) is 29.7 Å². The fraction of sp³-hybridized carbons (Fsp3) is 0.0909. The molecule has 0 saturated carbocycles. The number of nitro groups is 1. The molecular formula is C22H18N4O3S. The van der Waals surface area contributed by atoms with Crippen LogP contribution in [0.3, 0.4) is 0 Å². The van der Waals surface area contributed by atoms with E-state index in [-0.39, 0.29) is 10.9 Å². The number of carbonyl (C=O) groups excluding carboxylic acids is 1. The number of benzene rings is 2. The molecule has 1 aliphatic rings. The van der Waals surface area contributed by atoms with E-state index in [0.717, 1.165) is 34.4 Å². The monoisotopic (exact) mass is 418 g/mol. The van der Waals surface area contributed by atoms with Crippen LogP contribution in [0.15, 0.2) is 70.7 Å². The Morgan fingerprint density at radius 1 is 1.10 bits per heavy atom. The summed E-state index contributed by atoms with van der Waals surface area (Å²) >= 11 is 1.09. The van der Waals surface area contributed by atoms with Crippen molar-refractivity contribution in [2.45, 2.75) is 13.8 Å². The van der Waals surface area contributed by atoms with Gasteiger partial charge in [0.1, 0.15) is 5.84 Å². The molecule has 1 amide bonds. The molecule has 2 aromatic carbocycles. The minimum atomic E-state index is -0.426. The van der Waals surface area contributed by atoms with E-state index in [1.165, 1.54) is 17.7 Å². The topological polar surface area (TPSA) is 89.5 Å². The predicted molar refractivity (Wildman–Crippen MR) is 120 cm³/mol. The van der Waals surface area contributed by atoms with Crippen molar-refractivity contribution < 1.29 is 9.72 Å². The number of thioether (sulfide) groups is 1. The van der Waals surface area contributed by atoms with Crippen molar-refractivity contribution in [2.75, 3.05) is 0 Å². The minimum absolute atomic E-state index is 0.0368. The van der Waals surface area contributed by atoms with Gasteiger partial charge in [0.15, 0.2) is 0 Å². The third-order valence-corrected chi connectivity index (χ3v) is 5.60. The molecule has 1 aliphatic heterocycles. The molecule has 7 nitrogen and oxygen atoms in total. The van der Waals surface area contributed by atoms with Gasteiger partial charge in [-0.3, -0.25) is 14.9 Å². The van der Waals surface area contributed by atoms with E-state index in [2.05, 4.69) is 10.3 Å². The fourth-order valence-electron chi connectivity index (χ4n) is 3.05. The number of amidine groups is 1. The number of aliphatic imine (C=N–C) groups is 1. The SMILES string of the molecule is Cc1ccc(N=C2NC(=O)SC2=Cc2cccn2-c2ccc([N+](=O)[O-])cc2)cc1C. The van der Waals surface area contributed by atoms with E-state index in [0.29, 0.717) is 10.7 Å². The molecule has 4 rings (SSSR count). The number of hydrogen-bond acceptors (Lipinski definition) is 5. The number of amides is 1. The maximum atomic E-state index is 12.0. The summed E-state index contributed by atoms with van der Waals surface area (Å²) in [5, 5.41) is 13.5. The lowest BCUT2D eigenvalue weighted by Gasteiger charge is -2.07. The number of hydrogen-bond donors (Lipinski definition) is 1. The van der Waals surface area contributed by atoms with Gasteiger partial charge in [0.25, 0.3) is 10.9 Å². The molecule has 1 N–H and O–H groups in total. The van der Waals surface area contributed by atoms with Crippen molar-refractivity contribution in [3.63, 3.8) is 0 Å². The summed E-state index contributed by atoms with van der Waals surface area (Å²) in [7, 11) is 0. The molecule has 1 fully saturated rings. The van der Waals surface area contributed by atoms with Crippen LogP contribution in [-0.2, 0) is 0 Å². The molecule has 0 atom stereocenters. The molecule has 8 heteroatoms. The molecule has 0 aliphatic carbocycles. The molecule has 0 spiro atoms. The summed E-state index contributed by atoms with van der Waals surface area (Å²) in [6, 6.07) is 16.0. The third kappa shape index (κ3) is 4.04. The van der Waals surface area contributed by atoms with E-state index in [1.54, 1.807) is 12.1 Å². The molecule has 3 aromatic rings. The van der Waals surface area contributed by atoms with Crippen molar-refractivity contribution >= 4 is 40.3 Å². The molecule has 2 heterocycles. The first-order valence-corrected chi connectivity index (χ1v) is 10.0. The smallest absolute Gasteiger partial charge is 0.289 e. The summed E-state index contributed by atoms with van der Waals surface area (Å²) in [5.74, 6) is 0.504. The van der Waals surface area contributed by atoms with Crippen molar-refractivity contribution in [3.8, 4) is 5.69 Å². The lowest BCUT2D eigenvalue weighted by atomic mass is 10.1. The van der Waals surface area contributed by atoms with E-state index < -0.39 is 4.92 Å². The van der Waals surface area contributed by atoms with Crippen LogP contribution in [0.5, 0.6) is 0 Å².